The monoisotopic (exact) mass is 282 g/mol. The van der Waals surface area contributed by atoms with E-state index in [1.54, 1.807) is 4.90 Å². The van der Waals surface area contributed by atoms with Gasteiger partial charge in [-0.1, -0.05) is 19.3 Å². The standard InChI is InChI=1S/C15H26N2O3/c1-11-7-8-12(15(16)19)9-17(11)14(18)10-20-13-5-3-2-4-6-13/h11-13H,2-10H2,1H3,(H2,16,19)/t11-,12+/m0/s1. The van der Waals surface area contributed by atoms with E-state index < -0.39 is 0 Å². The van der Waals surface area contributed by atoms with E-state index in [9.17, 15) is 9.59 Å². The summed E-state index contributed by atoms with van der Waals surface area (Å²) in [4.78, 5) is 25.3. The van der Waals surface area contributed by atoms with Crippen LogP contribution in [0.5, 0.6) is 0 Å². The summed E-state index contributed by atoms with van der Waals surface area (Å²) >= 11 is 0. The molecule has 2 atom stereocenters. The second-order valence-electron chi connectivity index (χ2n) is 6.14. The van der Waals surface area contributed by atoms with Crippen molar-refractivity contribution in [2.45, 2.75) is 64.0 Å². The van der Waals surface area contributed by atoms with Gasteiger partial charge in [-0.25, -0.2) is 0 Å². The van der Waals surface area contributed by atoms with Gasteiger partial charge in [-0.05, 0) is 32.6 Å². The maximum Gasteiger partial charge on any atom is 0.248 e. The molecule has 0 radical (unpaired) electrons. The Balaban J connectivity index is 1.81. The lowest BCUT2D eigenvalue weighted by atomic mass is 9.93. The number of primary amides is 1. The van der Waals surface area contributed by atoms with Crippen LogP contribution in [0.25, 0.3) is 0 Å². The van der Waals surface area contributed by atoms with Gasteiger partial charge in [-0.2, -0.15) is 0 Å². The van der Waals surface area contributed by atoms with Gasteiger partial charge in [0, 0.05) is 12.6 Å². The first-order chi connectivity index (χ1) is 9.58. The lowest BCUT2D eigenvalue weighted by Crippen LogP contribution is -2.50. The van der Waals surface area contributed by atoms with E-state index >= 15 is 0 Å². The summed E-state index contributed by atoms with van der Waals surface area (Å²) in [5.41, 5.74) is 5.36. The minimum Gasteiger partial charge on any atom is -0.369 e. The summed E-state index contributed by atoms with van der Waals surface area (Å²) in [5, 5.41) is 0. The van der Waals surface area contributed by atoms with Crippen molar-refractivity contribution >= 4 is 11.8 Å². The highest BCUT2D eigenvalue weighted by Crippen LogP contribution is 2.23. The van der Waals surface area contributed by atoms with Gasteiger partial charge in [-0.15, -0.1) is 0 Å². The average molecular weight is 282 g/mol. The Hall–Kier alpha value is -1.10. The molecule has 5 nitrogen and oxygen atoms in total. The highest BCUT2D eigenvalue weighted by Gasteiger charge is 2.31. The number of hydrogen-bond acceptors (Lipinski definition) is 3. The predicted octanol–water partition coefficient (Wildman–Crippen LogP) is 1.45. The molecule has 0 aromatic carbocycles. The lowest BCUT2D eigenvalue weighted by molar-refractivity contribution is -0.144. The van der Waals surface area contributed by atoms with E-state index in [0.717, 1.165) is 25.7 Å². The largest absolute Gasteiger partial charge is 0.369 e. The molecule has 20 heavy (non-hydrogen) atoms. The minimum atomic E-state index is -0.303. The normalized spacial score (nSPS) is 28.4. The third kappa shape index (κ3) is 3.95. The predicted molar refractivity (Wildman–Crippen MR) is 75.9 cm³/mol. The molecule has 0 aromatic heterocycles. The highest BCUT2D eigenvalue weighted by atomic mass is 16.5. The fraction of sp³-hybridized carbons (Fsp3) is 0.867. The number of hydrogen-bond donors (Lipinski definition) is 1. The lowest BCUT2D eigenvalue weighted by Gasteiger charge is -2.37. The number of ether oxygens (including phenoxy) is 1. The average Bonchev–Trinajstić information content (AvgIpc) is 2.46. The fourth-order valence-electron chi connectivity index (χ4n) is 3.19. The van der Waals surface area contributed by atoms with Crippen LogP contribution >= 0.6 is 0 Å². The molecule has 1 heterocycles. The summed E-state index contributed by atoms with van der Waals surface area (Å²) in [6, 6.07) is 0.174. The molecule has 1 aliphatic carbocycles. The zero-order chi connectivity index (χ0) is 14.5. The summed E-state index contributed by atoms with van der Waals surface area (Å²) in [6.07, 6.45) is 7.65. The first-order valence-corrected chi connectivity index (χ1v) is 7.78. The molecule has 5 heteroatoms. The van der Waals surface area contributed by atoms with E-state index in [-0.39, 0.29) is 36.5 Å². The molecule has 1 saturated carbocycles. The smallest absolute Gasteiger partial charge is 0.248 e. The third-order valence-corrected chi connectivity index (χ3v) is 4.60. The SMILES string of the molecule is C[C@H]1CC[C@@H](C(N)=O)CN1C(=O)COC1CCCCC1. The van der Waals surface area contributed by atoms with Crippen LogP contribution in [0, 0.1) is 5.92 Å². The van der Waals surface area contributed by atoms with Crippen LogP contribution in [-0.2, 0) is 14.3 Å². The minimum absolute atomic E-state index is 0.00553. The molecule has 2 amide bonds. The van der Waals surface area contributed by atoms with E-state index in [4.69, 9.17) is 10.5 Å². The summed E-state index contributed by atoms with van der Waals surface area (Å²) in [7, 11) is 0. The van der Waals surface area contributed by atoms with Crippen LogP contribution in [-0.4, -0.2) is 42.0 Å². The van der Waals surface area contributed by atoms with Crippen LogP contribution in [0.1, 0.15) is 51.9 Å². The number of nitrogens with zero attached hydrogens (tertiary/aromatic N) is 1. The topological polar surface area (TPSA) is 72.6 Å². The molecule has 2 N–H and O–H groups in total. The molecule has 0 bridgehead atoms. The van der Waals surface area contributed by atoms with Gasteiger partial charge in [0.05, 0.1) is 12.0 Å². The van der Waals surface area contributed by atoms with E-state index in [1.165, 1.54) is 19.3 Å². The molecule has 0 unspecified atom stereocenters. The van der Waals surface area contributed by atoms with Crippen LogP contribution in [0.2, 0.25) is 0 Å². The first-order valence-electron chi connectivity index (χ1n) is 7.78. The van der Waals surface area contributed by atoms with Crippen LogP contribution in [0.3, 0.4) is 0 Å². The molecule has 0 aromatic rings. The molecular formula is C15H26N2O3. The molecule has 0 spiro atoms. The quantitative estimate of drug-likeness (QED) is 0.848. The van der Waals surface area contributed by atoms with Gasteiger partial charge in [0.25, 0.3) is 0 Å². The Bertz CT molecular complexity index is 353. The van der Waals surface area contributed by atoms with Gasteiger partial charge < -0.3 is 15.4 Å². The molecule has 2 fully saturated rings. The van der Waals surface area contributed by atoms with Crippen molar-refractivity contribution in [3.05, 3.63) is 0 Å². The molecule has 1 saturated heterocycles. The van der Waals surface area contributed by atoms with Crippen molar-refractivity contribution in [3.8, 4) is 0 Å². The number of piperidine rings is 1. The summed E-state index contributed by atoms with van der Waals surface area (Å²) < 4.78 is 5.73. The molecule has 1 aliphatic heterocycles. The van der Waals surface area contributed by atoms with Crippen molar-refractivity contribution in [3.63, 3.8) is 0 Å². The Labute approximate surface area is 120 Å². The molecule has 114 valence electrons. The van der Waals surface area contributed by atoms with Crippen LogP contribution in [0.15, 0.2) is 0 Å². The van der Waals surface area contributed by atoms with Crippen molar-refractivity contribution < 1.29 is 14.3 Å². The number of rotatable bonds is 4. The van der Waals surface area contributed by atoms with E-state index in [2.05, 4.69) is 0 Å². The van der Waals surface area contributed by atoms with Crippen molar-refractivity contribution in [1.82, 2.24) is 4.90 Å². The van der Waals surface area contributed by atoms with Crippen LogP contribution < -0.4 is 5.73 Å². The van der Waals surface area contributed by atoms with Gasteiger partial charge in [0.1, 0.15) is 6.61 Å². The second-order valence-corrected chi connectivity index (χ2v) is 6.14. The number of carbonyl (C=O) groups excluding carboxylic acids is 2. The van der Waals surface area contributed by atoms with Crippen LogP contribution in [0.4, 0.5) is 0 Å². The van der Waals surface area contributed by atoms with Gasteiger partial charge in [0.15, 0.2) is 0 Å². The first kappa shape index (κ1) is 15.3. The highest BCUT2D eigenvalue weighted by molar-refractivity contribution is 5.81. The Kier molecular flexibility index (Phi) is 5.40. The van der Waals surface area contributed by atoms with E-state index in [0.29, 0.717) is 6.54 Å². The number of likely N-dealkylation sites (tertiary alicyclic amines) is 1. The maximum atomic E-state index is 12.3. The molecule has 2 rings (SSSR count). The zero-order valence-electron chi connectivity index (χ0n) is 12.3. The number of nitrogens with two attached hydrogens (primary N) is 1. The maximum absolute atomic E-state index is 12.3. The Morgan fingerprint density at radius 2 is 1.85 bits per heavy atom. The number of amides is 2. The van der Waals surface area contributed by atoms with Gasteiger partial charge in [-0.3, -0.25) is 9.59 Å². The van der Waals surface area contributed by atoms with Crippen molar-refractivity contribution in [2.24, 2.45) is 11.7 Å². The summed E-state index contributed by atoms with van der Waals surface area (Å²) in [6.45, 7) is 2.61. The zero-order valence-corrected chi connectivity index (χ0v) is 12.3. The summed E-state index contributed by atoms with van der Waals surface area (Å²) in [5.74, 6) is -0.512. The van der Waals surface area contributed by atoms with Crippen molar-refractivity contribution in [2.75, 3.05) is 13.2 Å². The molecular weight excluding hydrogens is 256 g/mol. The van der Waals surface area contributed by atoms with E-state index in [1.807, 2.05) is 6.92 Å². The van der Waals surface area contributed by atoms with Crippen molar-refractivity contribution in [1.29, 1.82) is 0 Å². The second kappa shape index (κ2) is 7.07. The van der Waals surface area contributed by atoms with Gasteiger partial charge >= 0.3 is 0 Å². The Morgan fingerprint density at radius 3 is 2.50 bits per heavy atom. The fourth-order valence-corrected chi connectivity index (χ4v) is 3.19. The Morgan fingerprint density at radius 1 is 1.15 bits per heavy atom. The molecule has 2 aliphatic rings. The third-order valence-electron chi connectivity index (χ3n) is 4.60. The van der Waals surface area contributed by atoms with Gasteiger partial charge in [0.2, 0.25) is 11.8 Å². The number of carbonyl (C=O) groups is 2.